The smallest absolute Gasteiger partial charge is 0.141 e. The van der Waals surface area contributed by atoms with Crippen LogP contribution in [0.25, 0.3) is 0 Å². The van der Waals surface area contributed by atoms with Gasteiger partial charge in [-0.1, -0.05) is 48.5 Å². The number of nitrogens with zero attached hydrogens (tertiary/aromatic N) is 1. The molecule has 244 valence electrons. The van der Waals surface area contributed by atoms with Crippen LogP contribution in [-0.4, -0.2) is 61.7 Å². The fraction of sp³-hybridized carbons (Fsp3) is 0.333. The summed E-state index contributed by atoms with van der Waals surface area (Å²) in [7, 11) is 0. The molecule has 0 saturated carbocycles. The Morgan fingerprint density at radius 3 is 2.02 bits per heavy atom. The van der Waals surface area contributed by atoms with Gasteiger partial charge in [-0.15, -0.1) is 0 Å². The third-order valence-corrected chi connectivity index (χ3v) is 9.03. The Morgan fingerprint density at radius 2 is 1.41 bits per heavy atom. The Morgan fingerprint density at radius 1 is 0.826 bits per heavy atom. The lowest BCUT2D eigenvalue weighted by Crippen LogP contribution is -2.38. The number of ether oxygens (including phenoxy) is 3. The van der Waals surface area contributed by atoms with Crippen LogP contribution in [0.5, 0.6) is 11.5 Å². The number of rotatable bonds is 8. The lowest BCUT2D eigenvalue weighted by atomic mass is 10.00. The number of halogens is 4. The molecule has 3 aliphatic heterocycles. The van der Waals surface area contributed by atoms with Gasteiger partial charge in [0.2, 0.25) is 0 Å². The largest absolute Gasteiger partial charge is 0.491 e. The normalized spacial score (nSPS) is 17.2. The standard InChI is InChI=1S/C18H19BrFNO2.C9H8BrFO2.C9H11N/c19-17-6-5-16(9-18(17)20)23-12-15(22)11-21-8-7-13-3-1-2-4-14(13)10-21;10-8-2-1-6(3-9(8)11)12-4-7-5-13-7;1-2-4-9-7-10-6-5-8(9)3-1/h1-6,9,15,22H,7-8,10-12H2;1-3,7H,4-5H2;1-4,10H,5-7H2. The van der Waals surface area contributed by atoms with Crippen molar-refractivity contribution < 1.29 is 28.1 Å². The van der Waals surface area contributed by atoms with Gasteiger partial charge in [0.1, 0.15) is 48.6 Å². The first kappa shape index (κ1) is 34.5. The first-order chi connectivity index (χ1) is 22.3. The van der Waals surface area contributed by atoms with Crippen LogP contribution < -0.4 is 14.8 Å². The summed E-state index contributed by atoms with van der Waals surface area (Å²) in [6.45, 7) is 5.92. The molecule has 0 amide bonds. The van der Waals surface area contributed by atoms with E-state index in [4.69, 9.17) is 14.2 Å². The minimum atomic E-state index is -0.605. The molecule has 1 saturated heterocycles. The highest BCUT2D eigenvalue weighted by atomic mass is 79.9. The van der Waals surface area contributed by atoms with Gasteiger partial charge >= 0.3 is 0 Å². The minimum absolute atomic E-state index is 0.152. The number of benzene rings is 4. The van der Waals surface area contributed by atoms with Crippen molar-refractivity contribution in [1.29, 1.82) is 0 Å². The highest BCUT2D eigenvalue weighted by Crippen LogP contribution is 2.23. The summed E-state index contributed by atoms with van der Waals surface area (Å²) < 4.78 is 42.9. The van der Waals surface area contributed by atoms with Crippen LogP contribution in [0.2, 0.25) is 0 Å². The molecule has 6 nitrogen and oxygen atoms in total. The number of β-amino-alcohol motifs (C(OH)–C–C–N with tert-alkyl or cyclic N) is 1. The maximum atomic E-state index is 13.4. The summed E-state index contributed by atoms with van der Waals surface area (Å²) in [6, 6.07) is 26.3. The van der Waals surface area contributed by atoms with Crippen molar-refractivity contribution in [2.45, 2.75) is 38.1 Å². The fourth-order valence-corrected chi connectivity index (χ4v) is 5.65. The highest BCUT2D eigenvalue weighted by Gasteiger charge is 2.23. The number of aliphatic hydroxyl groups is 1. The number of aliphatic hydroxyl groups excluding tert-OH is 1. The Kier molecular flexibility index (Phi) is 13.0. The molecule has 10 heteroatoms. The van der Waals surface area contributed by atoms with E-state index in [9.17, 15) is 13.9 Å². The van der Waals surface area contributed by atoms with Gasteiger partial charge in [-0.25, -0.2) is 8.78 Å². The Labute approximate surface area is 285 Å². The van der Waals surface area contributed by atoms with Crippen LogP contribution in [0.1, 0.15) is 22.3 Å². The lowest BCUT2D eigenvalue weighted by Gasteiger charge is -2.30. The van der Waals surface area contributed by atoms with E-state index >= 15 is 0 Å². The lowest BCUT2D eigenvalue weighted by molar-refractivity contribution is 0.0636. The Hall–Kier alpha value is -2.86. The minimum Gasteiger partial charge on any atom is -0.491 e. The number of nitrogens with one attached hydrogen (secondary N) is 1. The molecule has 4 aromatic carbocycles. The molecule has 2 unspecified atom stereocenters. The van der Waals surface area contributed by atoms with Crippen LogP contribution >= 0.6 is 31.9 Å². The van der Waals surface area contributed by atoms with Gasteiger partial charge in [0.25, 0.3) is 0 Å². The molecule has 0 spiro atoms. The van der Waals surface area contributed by atoms with Crippen LogP contribution in [0.3, 0.4) is 0 Å². The van der Waals surface area contributed by atoms with E-state index in [2.05, 4.69) is 84.5 Å². The van der Waals surface area contributed by atoms with Crippen molar-refractivity contribution in [3.63, 3.8) is 0 Å². The molecule has 2 N–H and O–H groups in total. The quantitative estimate of drug-likeness (QED) is 0.187. The fourth-order valence-electron chi connectivity index (χ4n) is 5.16. The van der Waals surface area contributed by atoms with Gasteiger partial charge < -0.3 is 24.6 Å². The first-order valence-electron chi connectivity index (χ1n) is 15.4. The van der Waals surface area contributed by atoms with Crippen LogP contribution in [0, 0.1) is 11.6 Å². The predicted molar refractivity (Wildman–Crippen MR) is 182 cm³/mol. The molecule has 1 fully saturated rings. The van der Waals surface area contributed by atoms with Crippen molar-refractivity contribution >= 4 is 31.9 Å². The number of epoxide rings is 1. The molecule has 3 aliphatic rings. The second kappa shape index (κ2) is 17.3. The summed E-state index contributed by atoms with van der Waals surface area (Å²) in [6.07, 6.45) is 1.79. The summed E-state index contributed by atoms with van der Waals surface area (Å²) in [5.41, 5.74) is 5.69. The summed E-state index contributed by atoms with van der Waals surface area (Å²) in [5.74, 6) is 0.281. The van der Waals surface area contributed by atoms with E-state index in [0.717, 1.165) is 39.2 Å². The molecule has 2 atom stereocenters. The van der Waals surface area contributed by atoms with E-state index in [-0.39, 0.29) is 24.3 Å². The molecule has 0 radical (unpaired) electrons. The summed E-state index contributed by atoms with van der Waals surface area (Å²) in [4.78, 5) is 2.22. The van der Waals surface area contributed by atoms with Crippen molar-refractivity contribution in [3.8, 4) is 11.5 Å². The molecular weight excluding hydrogens is 722 g/mol. The molecule has 0 aromatic heterocycles. The van der Waals surface area contributed by atoms with E-state index in [1.807, 2.05) is 6.07 Å². The van der Waals surface area contributed by atoms with E-state index in [0.29, 0.717) is 33.6 Å². The Balaban J connectivity index is 0.000000151. The predicted octanol–water partition coefficient (Wildman–Crippen LogP) is 7.08. The Bertz CT molecular complexity index is 1550. The van der Waals surface area contributed by atoms with Gasteiger partial charge in [-0.3, -0.25) is 4.90 Å². The van der Waals surface area contributed by atoms with E-state index in [1.165, 1.54) is 40.8 Å². The van der Waals surface area contributed by atoms with Gasteiger partial charge in [-0.2, -0.15) is 0 Å². The summed E-state index contributed by atoms with van der Waals surface area (Å²) >= 11 is 6.17. The second-order valence-corrected chi connectivity index (χ2v) is 13.0. The maximum absolute atomic E-state index is 13.4. The van der Waals surface area contributed by atoms with Gasteiger partial charge in [0, 0.05) is 38.3 Å². The zero-order valence-corrected chi connectivity index (χ0v) is 28.6. The third-order valence-electron chi connectivity index (χ3n) is 7.75. The SMILES string of the molecule is Fc1cc(OCC2CO2)ccc1Br.OC(COc1ccc(Br)c(F)c1)CN1CCc2ccccc2C1.c1ccc2c(c1)CCNC2. The summed E-state index contributed by atoms with van der Waals surface area (Å²) in [5, 5.41) is 13.5. The molecule has 7 rings (SSSR count). The van der Waals surface area contributed by atoms with Crippen molar-refractivity contribution in [2.24, 2.45) is 0 Å². The zero-order valence-electron chi connectivity index (χ0n) is 25.4. The average Bonchev–Trinajstić information content (AvgIpc) is 3.91. The van der Waals surface area contributed by atoms with Crippen LogP contribution in [-0.2, 0) is 30.7 Å². The van der Waals surface area contributed by atoms with Gasteiger partial charge in [0.15, 0.2) is 0 Å². The van der Waals surface area contributed by atoms with E-state index < -0.39 is 6.10 Å². The molecule has 0 bridgehead atoms. The monoisotopic (exact) mass is 758 g/mol. The molecular formula is C36H38Br2F2N2O4. The molecule has 3 heterocycles. The van der Waals surface area contributed by atoms with Gasteiger partial charge in [0.05, 0.1) is 15.6 Å². The number of fused-ring (bicyclic) bond motifs is 2. The molecule has 46 heavy (non-hydrogen) atoms. The molecule has 0 aliphatic carbocycles. The second-order valence-electron chi connectivity index (χ2n) is 11.3. The zero-order chi connectivity index (χ0) is 32.3. The number of hydrogen-bond donors (Lipinski definition) is 2. The van der Waals surface area contributed by atoms with Crippen molar-refractivity contribution in [3.05, 3.63) is 128 Å². The maximum Gasteiger partial charge on any atom is 0.141 e. The first-order valence-corrected chi connectivity index (χ1v) is 16.9. The highest BCUT2D eigenvalue weighted by molar-refractivity contribution is 9.10. The van der Waals surface area contributed by atoms with Crippen LogP contribution in [0.15, 0.2) is 93.9 Å². The molecule has 4 aromatic rings. The third kappa shape index (κ3) is 10.9. The van der Waals surface area contributed by atoms with Gasteiger partial charge in [-0.05, 0) is 97.8 Å². The average molecular weight is 761 g/mol. The number of hydrogen-bond acceptors (Lipinski definition) is 6. The van der Waals surface area contributed by atoms with Crippen molar-refractivity contribution in [1.82, 2.24) is 10.2 Å². The van der Waals surface area contributed by atoms with Crippen molar-refractivity contribution in [2.75, 3.05) is 39.5 Å². The van der Waals surface area contributed by atoms with Crippen LogP contribution in [0.4, 0.5) is 8.78 Å². The van der Waals surface area contributed by atoms with E-state index in [1.54, 1.807) is 24.3 Å². The topological polar surface area (TPSA) is 66.5 Å².